The Morgan fingerprint density at radius 2 is 1.03 bits per heavy atom. The van der Waals surface area contributed by atoms with Gasteiger partial charge in [-0.25, -0.2) is 4.79 Å². The Bertz CT molecular complexity index is 1380. The first-order chi connectivity index (χ1) is 18.2. The van der Waals surface area contributed by atoms with E-state index in [9.17, 15) is 4.79 Å². The molecule has 0 radical (unpaired) electrons. The van der Waals surface area contributed by atoms with E-state index in [-0.39, 0.29) is 0 Å². The highest BCUT2D eigenvalue weighted by Crippen LogP contribution is 2.50. The van der Waals surface area contributed by atoms with Gasteiger partial charge in [0.2, 0.25) is 5.72 Å². The number of aromatic nitrogens is 1. The highest BCUT2D eigenvalue weighted by molar-refractivity contribution is 5.96. The Balaban J connectivity index is 1.80. The van der Waals surface area contributed by atoms with Gasteiger partial charge in [-0.1, -0.05) is 12.1 Å². The number of anilines is 5. The topological polar surface area (TPSA) is 52.2 Å². The number of hydrogen-bond donors (Lipinski definition) is 0. The molecule has 194 valence electrons. The highest BCUT2D eigenvalue weighted by atomic mass is 16.6. The third-order valence-corrected chi connectivity index (χ3v) is 6.98. The minimum absolute atomic E-state index is 0.399. The van der Waals surface area contributed by atoms with Crippen LogP contribution in [-0.4, -0.2) is 53.2 Å². The number of benzene rings is 3. The fraction of sp³-hybridized carbons (Fsp3) is 0.226. The van der Waals surface area contributed by atoms with Gasteiger partial charge in [0.1, 0.15) is 0 Å². The maximum absolute atomic E-state index is 13.4. The SMILES string of the molecule is CN(C)c1ccc(N(c2ccc(N(C)C)cc2)C2(c3ccc(N(C)C)cc3)OC(=O)c3cnccc32)cc1. The minimum Gasteiger partial charge on any atom is -0.426 e. The van der Waals surface area contributed by atoms with Crippen LogP contribution in [0.4, 0.5) is 28.4 Å². The number of nitrogens with zero attached hydrogens (tertiary/aromatic N) is 5. The van der Waals surface area contributed by atoms with Crippen molar-refractivity contribution in [2.24, 2.45) is 0 Å². The second-order valence-corrected chi connectivity index (χ2v) is 10.1. The van der Waals surface area contributed by atoms with Gasteiger partial charge in [-0.05, 0) is 66.7 Å². The van der Waals surface area contributed by atoms with E-state index in [4.69, 9.17) is 4.74 Å². The molecule has 1 aromatic heterocycles. The fourth-order valence-corrected chi connectivity index (χ4v) is 4.90. The number of carbonyl (C=O) groups excluding carboxylic acids is 1. The Morgan fingerprint density at radius 1 is 0.605 bits per heavy atom. The van der Waals surface area contributed by atoms with E-state index in [1.54, 1.807) is 12.4 Å². The molecule has 0 aliphatic carbocycles. The van der Waals surface area contributed by atoms with E-state index >= 15 is 0 Å². The van der Waals surface area contributed by atoms with Crippen molar-refractivity contribution >= 4 is 34.4 Å². The summed E-state index contributed by atoms with van der Waals surface area (Å²) in [6.45, 7) is 0. The molecule has 7 heteroatoms. The first-order valence-electron chi connectivity index (χ1n) is 12.5. The summed E-state index contributed by atoms with van der Waals surface area (Å²) in [4.78, 5) is 25.9. The quantitative estimate of drug-likeness (QED) is 0.307. The van der Waals surface area contributed by atoms with Gasteiger partial charge in [-0.15, -0.1) is 0 Å². The van der Waals surface area contributed by atoms with E-state index in [1.165, 1.54) is 0 Å². The third-order valence-electron chi connectivity index (χ3n) is 6.98. The lowest BCUT2D eigenvalue weighted by Crippen LogP contribution is -2.45. The van der Waals surface area contributed by atoms with E-state index in [1.807, 2.05) is 77.5 Å². The first kappa shape index (κ1) is 25.1. The lowest BCUT2D eigenvalue weighted by atomic mass is 9.90. The molecule has 38 heavy (non-hydrogen) atoms. The Labute approximate surface area is 224 Å². The maximum atomic E-state index is 13.4. The summed E-state index contributed by atoms with van der Waals surface area (Å²) in [6, 6.07) is 26.6. The molecule has 0 saturated heterocycles. The van der Waals surface area contributed by atoms with E-state index < -0.39 is 11.7 Å². The number of pyridine rings is 1. The van der Waals surface area contributed by atoms with Crippen molar-refractivity contribution in [3.8, 4) is 0 Å². The van der Waals surface area contributed by atoms with Crippen LogP contribution in [0.2, 0.25) is 0 Å². The molecule has 0 N–H and O–H groups in total. The summed E-state index contributed by atoms with van der Waals surface area (Å²) in [6.07, 6.45) is 3.31. The van der Waals surface area contributed by atoms with Crippen LogP contribution in [0.1, 0.15) is 21.5 Å². The molecule has 1 aliphatic heterocycles. The van der Waals surface area contributed by atoms with Crippen molar-refractivity contribution in [1.29, 1.82) is 0 Å². The van der Waals surface area contributed by atoms with Crippen LogP contribution in [0.5, 0.6) is 0 Å². The van der Waals surface area contributed by atoms with Gasteiger partial charge in [0, 0.05) is 94.2 Å². The predicted molar refractivity (Wildman–Crippen MR) is 155 cm³/mol. The monoisotopic (exact) mass is 507 g/mol. The van der Waals surface area contributed by atoms with Gasteiger partial charge < -0.3 is 19.4 Å². The molecule has 0 spiro atoms. The third kappa shape index (κ3) is 4.20. The number of cyclic esters (lactones) is 1. The molecule has 0 amide bonds. The minimum atomic E-state index is -1.24. The summed E-state index contributed by atoms with van der Waals surface area (Å²) in [5.74, 6) is -0.399. The molecule has 1 aliphatic rings. The summed E-state index contributed by atoms with van der Waals surface area (Å²) in [5.41, 5.74) is 5.81. The van der Waals surface area contributed by atoms with Crippen LogP contribution in [-0.2, 0) is 10.5 Å². The van der Waals surface area contributed by atoms with Crippen molar-refractivity contribution in [3.05, 3.63) is 108 Å². The van der Waals surface area contributed by atoms with Gasteiger partial charge >= 0.3 is 5.97 Å². The fourth-order valence-electron chi connectivity index (χ4n) is 4.90. The lowest BCUT2D eigenvalue weighted by molar-refractivity contribution is 0.0134. The molecule has 2 heterocycles. The molecule has 1 atom stereocenters. The zero-order valence-electron chi connectivity index (χ0n) is 22.7. The zero-order chi connectivity index (χ0) is 27.0. The van der Waals surface area contributed by atoms with Gasteiger partial charge in [-0.3, -0.25) is 9.88 Å². The summed E-state index contributed by atoms with van der Waals surface area (Å²) in [7, 11) is 12.1. The van der Waals surface area contributed by atoms with E-state index in [0.717, 1.165) is 39.6 Å². The average Bonchev–Trinajstić information content (AvgIpc) is 3.22. The number of rotatable bonds is 7. The van der Waals surface area contributed by atoms with Crippen molar-refractivity contribution in [2.75, 3.05) is 61.9 Å². The summed E-state index contributed by atoms with van der Waals surface area (Å²) < 4.78 is 6.44. The van der Waals surface area contributed by atoms with Gasteiger partial charge in [-0.2, -0.15) is 0 Å². The second kappa shape index (κ2) is 9.74. The molecular weight excluding hydrogens is 474 g/mol. The highest BCUT2D eigenvalue weighted by Gasteiger charge is 2.52. The van der Waals surface area contributed by atoms with Crippen molar-refractivity contribution in [1.82, 2.24) is 4.98 Å². The van der Waals surface area contributed by atoms with Crippen LogP contribution in [0.15, 0.2) is 91.3 Å². The van der Waals surface area contributed by atoms with Crippen LogP contribution in [0.3, 0.4) is 0 Å². The molecular formula is C31H33N5O2. The molecule has 1 unspecified atom stereocenters. The van der Waals surface area contributed by atoms with Crippen molar-refractivity contribution < 1.29 is 9.53 Å². The largest absolute Gasteiger partial charge is 0.426 e. The number of carbonyl (C=O) groups is 1. The maximum Gasteiger partial charge on any atom is 0.342 e. The summed E-state index contributed by atoms with van der Waals surface area (Å²) >= 11 is 0. The normalized spacial score (nSPS) is 16.0. The Kier molecular flexibility index (Phi) is 6.45. The Morgan fingerprint density at radius 3 is 1.47 bits per heavy atom. The summed E-state index contributed by atoms with van der Waals surface area (Å²) in [5, 5.41) is 0. The number of hydrogen-bond acceptors (Lipinski definition) is 7. The zero-order valence-corrected chi connectivity index (χ0v) is 22.7. The molecule has 0 saturated carbocycles. The van der Waals surface area contributed by atoms with Crippen molar-refractivity contribution in [3.63, 3.8) is 0 Å². The van der Waals surface area contributed by atoms with Crippen molar-refractivity contribution in [2.45, 2.75) is 5.72 Å². The molecule has 7 nitrogen and oxygen atoms in total. The first-order valence-corrected chi connectivity index (χ1v) is 12.5. The second-order valence-electron chi connectivity index (χ2n) is 10.1. The molecule has 4 aromatic rings. The molecule has 0 fully saturated rings. The lowest BCUT2D eigenvalue weighted by Gasteiger charge is -2.42. The van der Waals surface area contributed by atoms with E-state index in [0.29, 0.717) is 5.56 Å². The molecule has 5 rings (SSSR count). The van der Waals surface area contributed by atoms with Gasteiger partial charge in [0.25, 0.3) is 0 Å². The van der Waals surface area contributed by atoms with Crippen LogP contribution < -0.4 is 19.6 Å². The van der Waals surface area contributed by atoms with E-state index in [2.05, 4.69) is 68.2 Å². The Hall–Kier alpha value is -4.52. The predicted octanol–water partition coefficient (Wildman–Crippen LogP) is 5.49. The van der Waals surface area contributed by atoms with Crippen LogP contribution >= 0.6 is 0 Å². The number of fused-ring (bicyclic) bond motifs is 1. The van der Waals surface area contributed by atoms with Gasteiger partial charge in [0.15, 0.2) is 0 Å². The number of ether oxygens (including phenoxy) is 1. The standard InChI is InChI=1S/C31H33N5O2/c1-33(2)23-9-7-22(8-10-23)31(29-19-20-32-21-28(29)30(37)38-31)36(26-15-11-24(12-16-26)34(3)4)27-17-13-25(14-18-27)35(5)6/h7-21H,1-6H3. The average molecular weight is 508 g/mol. The molecule has 0 bridgehead atoms. The van der Waals surface area contributed by atoms with Crippen LogP contribution in [0.25, 0.3) is 0 Å². The molecule has 3 aromatic carbocycles. The van der Waals surface area contributed by atoms with Gasteiger partial charge in [0.05, 0.1) is 5.56 Å². The van der Waals surface area contributed by atoms with Crippen LogP contribution in [0, 0.1) is 0 Å². The number of esters is 1. The smallest absolute Gasteiger partial charge is 0.342 e.